The molecule has 5 rings (SSSR count). The van der Waals surface area contributed by atoms with Crippen LogP contribution in [0, 0.1) is 0 Å². The first-order valence-corrected chi connectivity index (χ1v) is 14.8. The predicted molar refractivity (Wildman–Crippen MR) is 176 cm³/mol. The molecule has 6 nitrogen and oxygen atoms in total. The second-order valence-electron chi connectivity index (χ2n) is 9.68. The fourth-order valence-corrected chi connectivity index (χ4v) is 5.30. The minimum atomic E-state index is -0.484. The molecule has 0 aromatic heterocycles. The van der Waals surface area contributed by atoms with E-state index in [1.807, 2.05) is 67.6 Å². The molecule has 0 aliphatic carbocycles. The quantitative estimate of drug-likeness (QED) is 0.117. The molecule has 0 fully saturated rings. The molecule has 1 atom stereocenters. The van der Waals surface area contributed by atoms with Crippen LogP contribution >= 0.6 is 23.4 Å². The second kappa shape index (κ2) is 13.9. The number of hydrogen-bond donors (Lipinski definition) is 3. The van der Waals surface area contributed by atoms with E-state index in [1.165, 1.54) is 11.8 Å². The fourth-order valence-electron chi connectivity index (χ4n) is 4.31. The van der Waals surface area contributed by atoms with E-state index in [4.69, 9.17) is 11.6 Å². The van der Waals surface area contributed by atoms with Gasteiger partial charge in [-0.1, -0.05) is 78.3 Å². The standard InChI is InChI=1S/C35H28ClN3O3S/c1-23(33(40)38-31-13-7-11-25-8-5-6-12-30(25)31)43-29-20-18-28(19-21-29)37-35(42)32(22-24-14-16-27(36)17-15-24)39-34(41)26-9-3-2-4-10-26/h2-23H,1H3,(H,37,42)(H,38,40)(H,39,41)/b32-22-. The van der Waals surface area contributed by atoms with Crippen LogP contribution in [0.2, 0.25) is 5.02 Å². The molecule has 0 radical (unpaired) electrons. The van der Waals surface area contributed by atoms with Crippen LogP contribution in [-0.4, -0.2) is 23.0 Å². The highest BCUT2D eigenvalue weighted by atomic mass is 35.5. The van der Waals surface area contributed by atoms with Gasteiger partial charge in [0.05, 0.1) is 5.25 Å². The third-order valence-corrected chi connectivity index (χ3v) is 7.92. The molecule has 0 aliphatic rings. The van der Waals surface area contributed by atoms with Gasteiger partial charge in [0, 0.05) is 32.2 Å². The topological polar surface area (TPSA) is 87.3 Å². The molecule has 0 spiro atoms. The maximum atomic E-state index is 13.3. The van der Waals surface area contributed by atoms with Crippen LogP contribution in [0.25, 0.3) is 16.8 Å². The van der Waals surface area contributed by atoms with Gasteiger partial charge in [0.15, 0.2) is 0 Å². The molecule has 0 saturated carbocycles. The summed E-state index contributed by atoms with van der Waals surface area (Å²) < 4.78 is 0. The van der Waals surface area contributed by atoms with Gasteiger partial charge in [-0.05, 0) is 78.5 Å². The van der Waals surface area contributed by atoms with Crippen molar-refractivity contribution >= 4 is 69.3 Å². The van der Waals surface area contributed by atoms with Crippen LogP contribution in [0.4, 0.5) is 11.4 Å². The summed E-state index contributed by atoms with van der Waals surface area (Å²) in [5.74, 6) is -0.995. The lowest BCUT2D eigenvalue weighted by Crippen LogP contribution is -2.30. The van der Waals surface area contributed by atoms with E-state index in [2.05, 4.69) is 16.0 Å². The van der Waals surface area contributed by atoms with Crippen molar-refractivity contribution in [3.63, 3.8) is 0 Å². The first-order chi connectivity index (χ1) is 20.9. The van der Waals surface area contributed by atoms with Crippen molar-refractivity contribution < 1.29 is 14.4 Å². The Balaban J connectivity index is 1.25. The summed E-state index contributed by atoms with van der Waals surface area (Å²) in [6, 6.07) is 36.5. The van der Waals surface area contributed by atoms with Crippen molar-refractivity contribution in [2.24, 2.45) is 0 Å². The van der Waals surface area contributed by atoms with Crippen LogP contribution < -0.4 is 16.0 Å². The number of anilines is 2. The van der Waals surface area contributed by atoms with Gasteiger partial charge in [-0.25, -0.2) is 0 Å². The van der Waals surface area contributed by atoms with Crippen molar-refractivity contribution in [3.8, 4) is 0 Å². The lowest BCUT2D eigenvalue weighted by atomic mass is 10.1. The Morgan fingerprint density at radius 1 is 0.744 bits per heavy atom. The van der Waals surface area contributed by atoms with E-state index >= 15 is 0 Å². The van der Waals surface area contributed by atoms with Crippen LogP contribution in [0.15, 0.2) is 132 Å². The molecule has 8 heteroatoms. The number of benzene rings is 5. The summed E-state index contributed by atoms with van der Waals surface area (Å²) in [4.78, 5) is 40.0. The first-order valence-electron chi connectivity index (χ1n) is 13.6. The maximum Gasteiger partial charge on any atom is 0.272 e. The Kier molecular flexibility index (Phi) is 9.56. The van der Waals surface area contributed by atoms with Crippen molar-refractivity contribution in [1.82, 2.24) is 5.32 Å². The number of rotatable bonds is 9. The Morgan fingerprint density at radius 2 is 1.42 bits per heavy atom. The van der Waals surface area contributed by atoms with E-state index in [9.17, 15) is 14.4 Å². The van der Waals surface area contributed by atoms with Crippen molar-refractivity contribution in [3.05, 3.63) is 143 Å². The minimum Gasteiger partial charge on any atom is -0.325 e. The van der Waals surface area contributed by atoms with E-state index in [0.29, 0.717) is 21.8 Å². The maximum absolute atomic E-state index is 13.3. The molecule has 43 heavy (non-hydrogen) atoms. The van der Waals surface area contributed by atoms with E-state index in [1.54, 1.807) is 66.7 Å². The molecule has 5 aromatic carbocycles. The number of carbonyl (C=O) groups excluding carboxylic acids is 3. The average Bonchev–Trinajstić information content (AvgIpc) is 3.03. The third-order valence-electron chi connectivity index (χ3n) is 6.55. The highest BCUT2D eigenvalue weighted by Crippen LogP contribution is 2.28. The predicted octanol–water partition coefficient (Wildman–Crippen LogP) is 8.02. The lowest BCUT2D eigenvalue weighted by Gasteiger charge is -2.14. The Hall–Kier alpha value is -4.85. The highest BCUT2D eigenvalue weighted by molar-refractivity contribution is 8.00. The summed E-state index contributed by atoms with van der Waals surface area (Å²) in [6.07, 6.45) is 1.59. The Morgan fingerprint density at radius 3 is 2.16 bits per heavy atom. The molecule has 0 bridgehead atoms. The molecule has 0 heterocycles. The number of nitrogens with one attached hydrogen (secondary N) is 3. The second-order valence-corrected chi connectivity index (χ2v) is 11.5. The van der Waals surface area contributed by atoms with Crippen LogP contribution in [0.5, 0.6) is 0 Å². The highest BCUT2D eigenvalue weighted by Gasteiger charge is 2.17. The molecule has 3 N–H and O–H groups in total. The average molecular weight is 606 g/mol. The largest absolute Gasteiger partial charge is 0.325 e. The smallest absolute Gasteiger partial charge is 0.272 e. The van der Waals surface area contributed by atoms with Gasteiger partial charge in [-0.3, -0.25) is 14.4 Å². The molecular weight excluding hydrogens is 578 g/mol. The Bertz CT molecular complexity index is 1780. The summed E-state index contributed by atoms with van der Waals surface area (Å²) in [5.41, 5.74) is 2.52. The van der Waals surface area contributed by atoms with Crippen molar-refractivity contribution in [1.29, 1.82) is 0 Å². The summed E-state index contributed by atoms with van der Waals surface area (Å²) in [7, 11) is 0. The van der Waals surface area contributed by atoms with E-state index in [0.717, 1.165) is 21.4 Å². The zero-order valence-corrected chi connectivity index (χ0v) is 24.8. The molecule has 5 aromatic rings. The van der Waals surface area contributed by atoms with Crippen molar-refractivity contribution in [2.45, 2.75) is 17.1 Å². The third kappa shape index (κ3) is 7.92. The van der Waals surface area contributed by atoms with Crippen LogP contribution in [0.3, 0.4) is 0 Å². The first kappa shape index (κ1) is 29.6. The van der Waals surface area contributed by atoms with Gasteiger partial charge in [0.25, 0.3) is 11.8 Å². The van der Waals surface area contributed by atoms with E-state index in [-0.39, 0.29) is 16.9 Å². The minimum absolute atomic E-state index is 0.0772. The zero-order valence-electron chi connectivity index (χ0n) is 23.2. The summed E-state index contributed by atoms with van der Waals surface area (Å²) >= 11 is 7.42. The fraction of sp³-hybridized carbons (Fsp3) is 0.0571. The molecule has 214 valence electrons. The molecule has 1 unspecified atom stereocenters. The van der Waals surface area contributed by atoms with Gasteiger partial charge >= 0.3 is 0 Å². The molecule has 0 saturated heterocycles. The van der Waals surface area contributed by atoms with Crippen molar-refractivity contribution in [2.75, 3.05) is 10.6 Å². The van der Waals surface area contributed by atoms with Gasteiger partial charge in [0.1, 0.15) is 5.70 Å². The number of hydrogen-bond acceptors (Lipinski definition) is 4. The summed E-state index contributed by atoms with van der Waals surface area (Å²) in [6.45, 7) is 1.85. The SMILES string of the molecule is CC(Sc1ccc(NC(=O)/C(=C/c2ccc(Cl)cc2)NC(=O)c2ccccc2)cc1)C(=O)Nc1cccc2ccccc12. The number of halogens is 1. The van der Waals surface area contributed by atoms with E-state index < -0.39 is 11.8 Å². The molecular formula is C35H28ClN3O3S. The number of amides is 3. The van der Waals surface area contributed by atoms with Crippen LogP contribution in [0.1, 0.15) is 22.8 Å². The molecule has 0 aliphatic heterocycles. The summed E-state index contributed by atoms with van der Waals surface area (Å²) in [5, 5.41) is 10.9. The lowest BCUT2D eigenvalue weighted by molar-refractivity contribution is -0.115. The van der Waals surface area contributed by atoms with Gasteiger partial charge in [-0.15, -0.1) is 11.8 Å². The monoisotopic (exact) mass is 605 g/mol. The Labute approximate surface area is 259 Å². The number of fused-ring (bicyclic) bond motifs is 1. The molecule has 3 amide bonds. The number of carbonyl (C=O) groups is 3. The zero-order chi connectivity index (χ0) is 30.2. The number of thioether (sulfide) groups is 1. The van der Waals surface area contributed by atoms with Crippen LogP contribution in [-0.2, 0) is 9.59 Å². The van der Waals surface area contributed by atoms with Gasteiger partial charge in [0.2, 0.25) is 5.91 Å². The van der Waals surface area contributed by atoms with Gasteiger partial charge in [-0.2, -0.15) is 0 Å². The van der Waals surface area contributed by atoms with Gasteiger partial charge < -0.3 is 16.0 Å². The normalized spacial score (nSPS) is 11.9.